The monoisotopic (exact) mass is 304 g/mol. The summed E-state index contributed by atoms with van der Waals surface area (Å²) in [7, 11) is 0. The lowest BCUT2D eigenvalue weighted by atomic mass is 10.1. The number of nitrogens with one attached hydrogen (secondary N) is 1. The highest BCUT2D eigenvalue weighted by Crippen LogP contribution is 2.20. The average molecular weight is 304 g/mol. The molecule has 1 heterocycles. The largest absolute Gasteiger partial charge is 0.389 e. The van der Waals surface area contributed by atoms with Gasteiger partial charge in [-0.1, -0.05) is 12.2 Å². The Morgan fingerprint density at radius 2 is 2.05 bits per heavy atom. The van der Waals surface area contributed by atoms with Gasteiger partial charge in [-0.2, -0.15) is 0 Å². The molecule has 0 bridgehead atoms. The van der Waals surface area contributed by atoms with Crippen molar-refractivity contribution >= 4 is 34.2 Å². The van der Waals surface area contributed by atoms with Gasteiger partial charge in [0.2, 0.25) is 0 Å². The molecule has 20 heavy (non-hydrogen) atoms. The van der Waals surface area contributed by atoms with Gasteiger partial charge in [0.1, 0.15) is 4.99 Å². The number of benzene rings is 1. The second-order valence-electron chi connectivity index (χ2n) is 5.16. The van der Waals surface area contributed by atoms with Crippen molar-refractivity contribution in [2.45, 2.75) is 33.2 Å². The summed E-state index contributed by atoms with van der Waals surface area (Å²) in [5.41, 5.74) is 8.86. The highest BCUT2D eigenvalue weighted by molar-refractivity contribution is 7.80. The van der Waals surface area contributed by atoms with E-state index in [0.717, 1.165) is 23.2 Å². The summed E-state index contributed by atoms with van der Waals surface area (Å²) in [5, 5.41) is 3.53. The maximum atomic E-state index is 5.68. The van der Waals surface area contributed by atoms with Crippen molar-refractivity contribution in [3.8, 4) is 0 Å². The van der Waals surface area contributed by atoms with E-state index in [9.17, 15) is 0 Å². The quantitative estimate of drug-likeness (QED) is 0.819. The third kappa shape index (κ3) is 3.81. The molecule has 0 aliphatic rings. The van der Waals surface area contributed by atoms with E-state index < -0.39 is 0 Å². The van der Waals surface area contributed by atoms with Gasteiger partial charge in [-0.3, -0.25) is 0 Å². The summed E-state index contributed by atoms with van der Waals surface area (Å²) in [6.07, 6.45) is 1.04. The van der Waals surface area contributed by atoms with E-state index in [0.29, 0.717) is 11.0 Å². The molecule has 1 atom stereocenters. The maximum absolute atomic E-state index is 5.68. The Morgan fingerprint density at radius 1 is 1.30 bits per heavy atom. The van der Waals surface area contributed by atoms with Crippen molar-refractivity contribution in [1.82, 2.24) is 0 Å². The smallest absolute Gasteiger partial charge is 0.104 e. The van der Waals surface area contributed by atoms with Crippen molar-refractivity contribution in [2.75, 3.05) is 5.32 Å². The van der Waals surface area contributed by atoms with Crippen LogP contribution in [0.4, 0.5) is 5.69 Å². The molecule has 3 N–H and O–H groups in total. The lowest BCUT2D eigenvalue weighted by molar-refractivity contribution is 0.800. The topological polar surface area (TPSA) is 38.0 Å². The number of hydrogen-bond acceptors (Lipinski definition) is 3. The first kappa shape index (κ1) is 15.0. The minimum atomic E-state index is 0.392. The molecule has 2 nitrogen and oxygen atoms in total. The molecule has 0 fully saturated rings. The molecular weight excluding hydrogens is 284 g/mol. The summed E-state index contributed by atoms with van der Waals surface area (Å²) in [6, 6.07) is 10.9. The van der Waals surface area contributed by atoms with Crippen molar-refractivity contribution in [3.05, 3.63) is 51.2 Å². The number of hydrogen-bond donors (Lipinski definition) is 2. The molecule has 0 aliphatic carbocycles. The van der Waals surface area contributed by atoms with E-state index >= 15 is 0 Å². The van der Waals surface area contributed by atoms with Crippen molar-refractivity contribution in [3.63, 3.8) is 0 Å². The van der Waals surface area contributed by atoms with Crippen molar-refractivity contribution in [2.24, 2.45) is 5.73 Å². The SMILES string of the molecule is Cc1ccc(CC(C)Nc2ccc(C(N)=S)c(C)c2)s1. The average Bonchev–Trinajstić information content (AvgIpc) is 2.74. The molecule has 0 saturated heterocycles. The van der Waals surface area contributed by atoms with E-state index in [1.165, 1.54) is 9.75 Å². The van der Waals surface area contributed by atoms with Crippen molar-refractivity contribution < 1.29 is 0 Å². The summed E-state index contributed by atoms with van der Waals surface area (Å²) in [6.45, 7) is 6.38. The van der Waals surface area contributed by atoms with Crippen LogP contribution in [0.25, 0.3) is 0 Å². The molecule has 1 aromatic heterocycles. The summed E-state index contributed by atoms with van der Waals surface area (Å²) in [5.74, 6) is 0. The Labute approximate surface area is 130 Å². The van der Waals surface area contributed by atoms with Crippen LogP contribution < -0.4 is 11.1 Å². The van der Waals surface area contributed by atoms with Crippen LogP contribution in [0, 0.1) is 13.8 Å². The van der Waals surface area contributed by atoms with Crippen molar-refractivity contribution in [1.29, 1.82) is 0 Å². The minimum Gasteiger partial charge on any atom is -0.389 e. The zero-order valence-corrected chi connectivity index (χ0v) is 13.7. The lowest BCUT2D eigenvalue weighted by Gasteiger charge is -2.16. The predicted molar refractivity (Wildman–Crippen MR) is 92.9 cm³/mol. The highest BCUT2D eigenvalue weighted by atomic mass is 32.1. The molecule has 0 amide bonds. The van der Waals surface area contributed by atoms with E-state index in [4.69, 9.17) is 18.0 Å². The second-order valence-corrected chi connectivity index (χ2v) is 6.97. The van der Waals surface area contributed by atoms with Gasteiger partial charge >= 0.3 is 0 Å². The van der Waals surface area contributed by atoms with Gasteiger partial charge in [0, 0.05) is 33.5 Å². The molecule has 1 unspecified atom stereocenters. The first-order chi connectivity index (χ1) is 9.45. The zero-order valence-electron chi connectivity index (χ0n) is 12.1. The minimum absolute atomic E-state index is 0.392. The van der Waals surface area contributed by atoms with Gasteiger partial charge in [0.05, 0.1) is 0 Å². The van der Waals surface area contributed by atoms with Crippen LogP contribution in [-0.4, -0.2) is 11.0 Å². The third-order valence-corrected chi connectivity index (χ3v) is 4.45. The number of anilines is 1. The molecule has 4 heteroatoms. The fraction of sp³-hybridized carbons (Fsp3) is 0.312. The zero-order chi connectivity index (χ0) is 14.7. The Hall–Kier alpha value is -1.39. The number of thiocarbonyl (C=S) groups is 1. The summed E-state index contributed by atoms with van der Waals surface area (Å²) < 4.78 is 0. The number of aryl methyl sites for hydroxylation is 2. The molecule has 0 saturated carbocycles. The van der Waals surface area contributed by atoms with Crippen LogP contribution in [0.3, 0.4) is 0 Å². The summed E-state index contributed by atoms with van der Waals surface area (Å²) >= 11 is 6.89. The molecule has 2 aromatic rings. The van der Waals surface area contributed by atoms with Gasteiger partial charge in [0.15, 0.2) is 0 Å². The van der Waals surface area contributed by atoms with E-state index in [1.54, 1.807) is 0 Å². The fourth-order valence-electron chi connectivity index (χ4n) is 2.26. The molecule has 1 aromatic carbocycles. The van der Waals surface area contributed by atoms with E-state index in [-0.39, 0.29) is 0 Å². The Bertz CT molecular complexity index is 617. The van der Waals surface area contributed by atoms with E-state index in [1.807, 2.05) is 30.4 Å². The molecule has 2 rings (SSSR count). The molecular formula is C16H20N2S2. The molecule has 0 spiro atoms. The number of thiophene rings is 1. The van der Waals surface area contributed by atoms with Gasteiger partial charge in [-0.25, -0.2) is 0 Å². The van der Waals surface area contributed by atoms with Gasteiger partial charge in [-0.15, -0.1) is 11.3 Å². The van der Waals surface area contributed by atoms with Crippen LogP contribution in [0.2, 0.25) is 0 Å². The Morgan fingerprint density at radius 3 is 2.60 bits per heavy atom. The van der Waals surface area contributed by atoms with Gasteiger partial charge in [0.25, 0.3) is 0 Å². The van der Waals surface area contributed by atoms with Gasteiger partial charge < -0.3 is 11.1 Å². The van der Waals surface area contributed by atoms with Crippen LogP contribution in [0.15, 0.2) is 30.3 Å². The fourth-order valence-corrected chi connectivity index (χ4v) is 3.51. The van der Waals surface area contributed by atoms with E-state index in [2.05, 4.69) is 37.4 Å². The number of nitrogens with two attached hydrogens (primary N) is 1. The third-order valence-electron chi connectivity index (χ3n) is 3.21. The first-order valence-electron chi connectivity index (χ1n) is 6.68. The molecule has 106 valence electrons. The van der Waals surface area contributed by atoms with Gasteiger partial charge in [-0.05, 0) is 56.7 Å². The standard InChI is InChI=1S/C16H20N2S2/c1-10-8-13(5-7-15(10)16(17)19)18-11(2)9-14-6-4-12(3)20-14/h4-8,11,18H,9H2,1-3H3,(H2,17,19). The maximum Gasteiger partial charge on any atom is 0.104 e. The molecule has 0 aliphatic heterocycles. The summed E-state index contributed by atoms with van der Waals surface area (Å²) in [4.78, 5) is 3.24. The highest BCUT2D eigenvalue weighted by Gasteiger charge is 2.07. The lowest BCUT2D eigenvalue weighted by Crippen LogP contribution is -2.18. The van der Waals surface area contributed by atoms with Crippen LogP contribution in [0.5, 0.6) is 0 Å². The Balaban J connectivity index is 2.02. The van der Waals surface area contributed by atoms with Crippen LogP contribution in [0.1, 0.15) is 27.8 Å². The first-order valence-corrected chi connectivity index (χ1v) is 7.90. The number of rotatable bonds is 5. The second kappa shape index (κ2) is 6.37. The van der Waals surface area contributed by atoms with Crippen LogP contribution in [-0.2, 0) is 6.42 Å². The Kier molecular flexibility index (Phi) is 4.78. The predicted octanol–water partition coefficient (Wildman–Crippen LogP) is 4.04. The molecule has 0 radical (unpaired) electrons. The van der Waals surface area contributed by atoms with Crippen LogP contribution >= 0.6 is 23.6 Å². The normalized spacial score (nSPS) is 12.2.